The van der Waals surface area contributed by atoms with Crippen LogP contribution in [-0.4, -0.2) is 16.3 Å². The Morgan fingerprint density at radius 2 is 1.80 bits per heavy atom. The highest BCUT2D eigenvalue weighted by Gasteiger charge is 2.16. The van der Waals surface area contributed by atoms with Gasteiger partial charge in [0, 0.05) is 5.75 Å². The van der Waals surface area contributed by atoms with Crippen molar-refractivity contribution in [3.63, 3.8) is 0 Å². The molecule has 1 aliphatic rings. The Labute approximate surface area is 176 Å². The summed E-state index contributed by atoms with van der Waals surface area (Å²) in [6.07, 6.45) is 0. The predicted molar refractivity (Wildman–Crippen MR) is 114 cm³/mol. The molecule has 2 heterocycles. The quantitative estimate of drug-likeness (QED) is 0.349. The molecule has 0 unspecified atom stereocenters. The van der Waals surface area contributed by atoms with E-state index in [2.05, 4.69) is 0 Å². The van der Waals surface area contributed by atoms with Gasteiger partial charge in [0.25, 0.3) is 5.56 Å². The van der Waals surface area contributed by atoms with Gasteiger partial charge < -0.3 is 9.47 Å². The molecule has 0 N–H and O–H groups in total. The number of hydrogen-bond donors (Lipinski definition) is 0. The molecule has 0 bridgehead atoms. The smallest absolute Gasteiger partial charge is 0.262 e. The molecule has 7 heteroatoms. The lowest BCUT2D eigenvalue weighted by atomic mass is 10.2. The van der Waals surface area contributed by atoms with Crippen LogP contribution in [0.2, 0.25) is 0 Å². The Hall–Kier alpha value is -3.32. The first kappa shape index (κ1) is 18.7. The maximum absolute atomic E-state index is 14.1. The third-order valence-electron chi connectivity index (χ3n) is 4.92. The monoisotopic (exact) mass is 420 g/mol. The second-order valence-corrected chi connectivity index (χ2v) is 7.81. The van der Waals surface area contributed by atoms with Gasteiger partial charge in [0.2, 0.25) is 6.79 Å². The molecule has 1 aliphatic heterocycles. The zero-order valence-electron chi connectivity index (χ0n) is 15.9. The van der Waals surface area contributed by atoms with Gasteiger partial charge in [-0.05, 0) is 41.5 Å². The highest BCUT2D eigenvalue weighted by atomic mass is 32.2. The first-order valence-electron chi connectivity index (χ1n) is 9.43. The first-order valence-corrected chi connectivity index (χ1v) is 10.4. The van der Waals surface area contributed by atoms with Crippen molar-refractivity contribution < 1.29 is 13.9 Å². The van der Waals surface area contributed by atoms with Crippen LogP contribution in [0.15, 0.2) is 76.7 Å². The van der Waals surface area contributed by atoms with Crippen molar-refractivity contribution in [2.45, 2.75) is 17.5 Å². The number of hydrogen-bond acceptors (Lipinski definition) is 5. The Bertz CT molecular complexity index is 1310. The van der Waals surface area contributed by atoms with Crippen LogP contribution in [0.5, 0.6) is 11.5 Å². The van der Waals surface area contributed by atoms with Crippen LogP contribution in [0.3, 0.4) is 0 Å². The molecular formula is C23H17FN2O3S. The van der Waals surface area contributed by atoms with E-state index in [1.165, 1.54) is 17.8 Å². The molecule has 0 saturated carbocycles. The van der Waals surface area contributed by atoms with Gasteiger partial charge in [-0.25, -0.2) is 9.37 Å². The SMILES string of the molecule is O=c1c2ccccc2nc(SCc2ccccc2F)n1Cc1ccc2c(c1)OCO2. The van der Waals surface area contributed by atoms with Crippen molar-refractivity contribution >= 4 is 22.7 Å². The summed E-state index contributed by atoms with van der Waals surface area (Å²) in [5, 5.41) is 1.09. The molecule has 150 valence electrons. The number of benzene rings is 3. The van der Waals surface area contributed by atoms with Crippen LogP contribution in [0.25, 0.3) is 10.9 Å². The molecule has 5 rings (SSSR count). The summed E-state index contributed by atoms with van der Waals surface area (Å²) >= 11 is 1.34. The summed E-state index contributed by atoms with van der Waals surface area (Å²) in [7, 11) is 0. The largest absolute Gasteiger partial charge is 0.454 e. The minimum absolute atomic E-state index is 0.130. The molecule has 0 spiro atoms. The van der Waals surface area contributed by atoms with Crippen molar-refractivity contribution in [1.82, 2.24) is 9.55 Å². The Morgan fingerprint density at radius 3 is 2.70 bits per heavy atom. The number of para-hydroxylation sites is 1. The Morgan fingerprint density at radius 1 is 1.00 bits per heavy atom. The standard InChI is InChI=1S/C23H17FN2O3S/c24-18-7-3-1-5-16(18)13-30-23-25-19-8-4-2-6-17(19)22(27)26(23)12-15-9-10-20-21(11-15)29-14-28-20/h1-11H,12-14H2. The number of fused-ring (bicyclic) bond motifs is 2. The topological polar surface area (TPSA) is 53.4 Å². The average molecular weight is 420 g/mol. The lowest BCUT2D eigenvalue weighted by Gasteiger charge is -2.14. The minimum atomic E-state index is -0.268. The van der Waals surface area contributed by atoms with Gasteiger partial charge in [-0.15, -0.1) is 0 Å². The van der Waals surface area contributed by atoms with Gasteiger partial charge in [0.05, 0.1) is 17.4 Å². The van der Waals surface area contributed by atoms with Gasteiger partial charge >= 0.3 is 0 Å². The fourth-order valence-electron chi connectivity index (χ4n) is 3.38. The van der Waals surface area contributed by atoms with Crippen LogP contribution < -0.4 is 15.0 Å². The van der Waals surface area contributed by atoms with Gasteiger partial charge in [-0.1, -0.05) is 48.2 Å². The summed E-state index contributed by atoms with van der Waals surface area (Å²) < 4.78 is 26.5. The third-order valence-corrected chi connectivity index (χ3v) is 5.94. The fraction of sp³-hybridized carbons (Fsp3) is 0.130. The van der Waals surface area contributed by atoms with Crippen LogP contribution in [-0.2, 0) is 12.3 Å². The van der Waals surface area contributed by atoms with Crippen molar-refractivity contribution in [2.75, 3.05) is 6.79 Å². The highest BCUT2D eigenvalue weighted by molar-refractivity contribution is 7.98. The molecule has 0 saturated heterocycles. The highest BCUT2D eigenvalue weighted by Crippen LogP contribution is 2.33. The Kier molecular flexibility index (Phi) is 4.88. The third kappa shape index (κ3) is 3.52. The zero-order chi connectivity index (χ0) is 20.5. The van der Waals surface area contributed by atoms with Gasteiger partial charge in [0.1, 0.15) is 5.82 Å². The van der Waals surface area contributed by atoms with Gasteiger partial charge in [-0.3, -0.25) is 9.36 Å². The van der Waals surface area contributed by atoms with Gasteiger partial charge in [-0.2, -0.15) is 0 Å². The molecule has 0 atom stereocenters. The minimum Gasteiger partial charge on any atom is -0.454 e. The normalized spacial score (nSPS) is 12.4. The van der Waals surface area contributed by atoms with Crippen molar-refractivity contribution in [3.05, 3.63) is 94.0 Å². The van der Waals surface area contributed by atoms with Crippen LogP contribution in [0.4, 0.5) is 4.39 Å². The second-order valence-electron chi connectivity index (χ2n) is 6.87. The number of aromatic nitrogens is 2. The van der Waals surface area contributed by atoms with Crippen LogP contribution in [0.1, 0.15) is 11.1 Å². The second kappa shape index (κ2) is 7.84. The van der Waals surface area contributed by atoms with E-state index in [9.17, 15) is 9.18 Å². The van der Waals surface area contributed by atoms with E-state index in [-0.39, 0.29) is 18.2 Å². The molecule has 0 amide bonds. The van der Waals surface area contributed by atoms with Crippen molar-refractivity contribution in [3.8, 4) is 11.5 Å². The molecule has 0 fully saturated rings. The van der Waals surface area contributed by atoms with Crippen molar-refractivity contribution in [2.24, 2.45) is 0 Å². The number of nitrogens with zero attached hydrogens (tertiary/aromatic N) is 2. The lowest BCUT2D eigenvalue weighted by Crippen LogP contribution is -2.24. The summed E-state index contributed by atoms with van der Waals surface area (Å²) in [5.41, 5.74) is 1.96. The van der Waals surface area contributed by atoms with E-state index < -0.39 is 0 Å². The van der Waals surface area contributed by atoms with E-state index in [1.54, 1.807) is 28.8 Å². The summed E-state index contributed by atoms with van der Waals surface area (Å²) in [4.78, 5) is 17.9. The molecular weight excluding hydrogens is 403 g/mol. The van der Waals surface area contributed by atoms with Crippen LogP contribution in [0, 0.1) is 5.82 Å². The number of ether oxygens (including phenoxy) is 2. The summed E-state index contributed by atoms with van der Waals surface area (Å²) in [5.74, 6) is 1.46. The van der Waals surface area contributed by atoms with Gasteiger partial charge in [0.15, 0.2) is 16.7 Å². The molecule has 30 heavy (non-hydrogen) atoms. The zero-order valence-corrected chi connectivity index (χ0v) is 16.7. The first-order chi connectivity index (χ1) is 14.7. The molecule has 0 aliphatic carbocycles. The van der Waals surface area contributed by atoms with Crippen molar-refractivity contribution in [1.29, 1.82) is 0 Å². The van der Waals surface area contributed by atoms with E-state index in [1.807, 2.05) is 36.4 Å². The molecule has 1 aromatic heterocycles. The molecule has 5 nitrogen and oxygen atoms in total. The van der Waals surface area contributed by atoms with E-state index >= 15 is 0 Å². The Balaban J connectivity index is 1.54. The fourth-order valence-corrected chi connectivity index (χ4v) is 4.36. The maximum Gasteiger partial charge on any atom is 0.262 e. The van der Waals surface area contributed by atoms with E-state index in [0.29, 0.717) is 45.4 Å². The van der Waals surface area contributed by atoms with E-state index in [0.717, 1.165) is 5.56 Å². The average Bonchev–Trinajstić information content (AvgIpc) is 3.23. The van der Waals surface area contributed by atoms with Crippen LogP contribution >= 0.6 is 11.8 Å². The van der Waals surface area contributed by atoms with E-state index in [4.69, 9.17) is 14.5 Å². The summed E-state index contributed by atoms with van der Waals surface area (Å²) in [6, 6.07) is 19.5. The number of halogens is 1. The molecule has 3 aromatic carbocycles. The molecule has 4 aromatic rings. The predicted octanol–water partition coefficient (Wildman–Crippen LogP) is 4.60. The number of rotatable bonds is 5. The molecule has 0 radical (unpaired) electrons. The number of thioether (sulfide) groups is 1. The maximum atomic E-state index is 14.1. The summed E-state index contributed by atoms with van der Waals surface area (Å²) in [6.45, 7) is 0.521. The lowest BCUT2D eigenvalue weighted by molar-refractivity contribution is 0.174.